The summed E-state index contributed by atoms with van der Waals surface area (Å²) < 4.78 is -1.12. The van der Waals surface area contributed by atoms with Gasteiger partial charge >= 0.3 is 5.97 Å². The second-order valence-corrected chi connectivity index (χ2v) is 11.5. The number of carbonyl (C=O) groups excluding carboxylic acids is 2. The van der Waals surface area contributed by atoms with Crippen molar-refractivity contribution in [3.63, 3.8) is 0 Å². The summed E-state index contributed by atoms with van der Waals surface area (Å²) in [6.45, 7) is 1.79. The van der Waals surface area contributed by atoms with E-state index in [0.29, 0.717) is 5.01 Å². The third-order valence-corrected chi connectivity index (χ3v) is 10.3. The van der Waals surface area contributed by atoms with E-state index in [9.17, 15) is 19.5 Å². The monoisotopic (exact) mass is 504 g/mol. The molecule has 0 bridgehead atoms. The molecule has 4 heterocycles. The number of aromatic nitrogens is 2. The number of carboxylic acid groups (broad SMARTS) is 1. The van der Waals surface area contributed by atoms with E-state index in [0.717, 1.165) is 9.88 Å². The van der Waals surface area contributed by atoms with Crippen LogP contribution in [0.4, 0.5) is 0 Å². The first-order chi connectivity index (χ1) is 14.3. The minimum Gasteiger partial charge on any atom is -0.480 e. The molecule has 2 saturated heterocycles. The quantitative estimate of drug-likeness (QED) is 0.300. The van der Waals surface area contributed by atoms with E-state index in [1.165, 1.54) is 39.3 Å². The number of β-lactam (4-membered cyclic amide) rings is 1. The highest BCUT2D eigenvalue weighted by Gasteiger charge is 2.69. The highest BCUT2D eigenvalue weighted by Crippen LogP contribution is 2.58. The molecular weight excluding hydrogens is 488 g/mol. The van der Waals surface area contributed by atoms with Gasteiger partial charge in [-0.15, -0.1) is 56.2 Å². The van der Waals surface area contributed by atoms with Gasteiger partial charge in [0.05, 0.1) is 16.4 Å². The van der Waals surface area contributed by atoms with Gasteiger partial charge in [0.25, 0.3) is 0 Å². The molecule has 2 aliphatic rings. The maximum absolute atomic E-state index is 12.8. The summed E-state index contributed by atoms with van der Waals surface area (Å²) in [5.74, 6) is -1.94. The minimum atomic E-state index is -1.19. The smallest absolute Gasteiger partial charge is 0.328 e. The molecule has 160 valence electrons. The van der Waals surface area contributed by atoms with Crippen molar-refractivity contribution in [1.82, 2.24) is 20.4 Å². The first kappa shape index (κ1) is 21.9. The Morgan fingerprint density at radius 1 is 1.47 bits per heavy atom. The summed E-state index contributed by atoms with van der Waals surface area (Å²) in [5.41, 5.74) is 0. The lowest BCUT2D eigenvalue weighted by molar-refractivity contribution is -0.161. The second-order valence-electron chi connectivity index (χ2n) is 6.95. The van der Waals surface area contributed by atoms with Crippen LogP contribution in [0.25, 0.3) is 0 Å². The van der Waals surface area contributed by atoms with Crippen molar-refractivity contribution in [2.45, 2.75) is 40.8 Å². The molecule has 0 saturated carbocycles. The van der Waals surface area contributed by atoms with E-state index in [4.69, 9.17) is 11.6 Å². The number of hydrogen-bond acceptors (Lipinski definition) is 9. The van der Waals surface area contributed by atoms with Crippen LogP contribution in [0.3, 0.4) is 0 Å². The number of alkyl halides is 1. The fourth-order valence-electron chi connectivity index (χ4n) is 3.69. The van der Waals surface area contributed by atoms with Gasteiger partial charge in [-0.3, -0.25) is 9.59 Å². The van der Waals surface area contributed by atoms with Crippen molar-refractivity contribution in [2.24, 2.45) is 0 Å². The van der Waals surface area contributed by atoms with Crippen LogP contribution in [0, 0.1) is 6.92 Å². The third-order valence-electron chi connectivity index (χ3n) is 5.07. The van der Waals surface area contributed by atoms with Crippen molar-refractivity contribution in [1.29, 1.82) is 0 Å². The highest BCUT2D eigenvalue weighted by atomic mass is 35.5. The molecule has 0 radical (unpaired) electrons. The number of nitrogens with one attached hydrogen (secondary N) is 1. The number of carbonyl (C=O) groups is 3. The second kappa shape index (κ2) is 8.30. The number of thioether (sulfide) groups is 1. The van der Waals surface area contributed by atoms with Gasteiger partial charge in [-0.05, 0) is 18.4 Å². The first-order valence-electron chi connectivity index (χ1n) is 8.87. The lowest BCUT2D eigenvalue weighted by Gasteiger charge is -2.43. The van der Waals surface area contributed by atoms with Gasteiger partial charge in [-0.25, -0.2) is 4.79 Å². The van der Waals surface area contributed by atoms with Gasteiger partial charge in [0.15, 0.2) is 0 Å². The summed E-state index contributed by atoms with van der Waals surface area (Å²) in [6.07, 6.45) is 0.168. The Morgan fingerprint density at radius 2 is 2.23 bits per heavy atom. The Hall–Kier alpha value is -1.34. The van der Waals surface area contributed by atoms with Crippen molar-refractivity contribution < 1.29 is 19.5 Å². The summed E-state index contributed by atoms with van der Waals surface area (Å²) >= 11 is 15.0. The van der Waals surface area contributed by atoms with Crippen LogP contribution in [-0.4, -0.2) is 66.1 Å². The molecule has 4 rings (SSSR count). The number of aliphatic carboxylic acids is 1. The molecule has 5 unspecified atom stereocenters. The highest BCUT2D eigenvalue weighted by molar-refractivity contribution is 8.02. The molecule has 2 N–H and O–H groups in total. The van der Waals surface area contributed by atoms with Crippen molar-refractivity contribution in [3.8, 4) is 0 Å². The van der Waals surface area contributed by atoms with Crippen LogP contribution >= 0.6 is 58.7 Å². The number of thiophene rings is 1. The number of aryl methyl sites for hydroxylation is 1. The number of nitrogens with zero attached hydrogens (tertiary/aromatic N) is 3. The van der Waals surface area contributed by atoms with Crippen LogP contribution < -0.4 is 5.32 Å². The van der Waals surface area contributed by atoms with Gasteiger partial charge in [0, 0.05) is 10.8 Å². The normalized spacial score (nSPS) is 28.7. The molecule has 2 aromatic rings. The largest absolute Gasteiger partial charge is 0.480 e. The summed E-state index contributed by atoms with van der Waals surface area (Å²) in [4.78, 5) is 39.6. The fourth-order valence-corrected chi connectivity index (χ4v) is 8.23. The predicted octanol–water partition coefficient (Wildman–Crippen LogP) is 1.95. The Labute approximate surface area is 194 Å². The summed E-state index contributed by atoms with van der Waals surface area (Å²) in [6, 6.07) is 1.71. The van der Waals surface area contributed by atoms with Crippen LogP contribution in [0.1, 0.15) is 20.1 Å². The van der Waals surface area contributed by atoms with Gasteiger partial charge in [-0.1, -0.05) is 6.07 Å². The molecule has 13 heteroatoms. The lowest BCUT2D eigenvalue weighted by atomic mass is 9.91. The van der Waals surface area contributed by atoms with Crippen molar-refractivity contribution in [2.75, 3.05) is 5.88 Å². The number of halogens is 1. The summed E-state index contributed by atoms with van der Waals surface area (Å²) in [5, 5.41) is 22.7. The van der Waals surface area contributed by atoms with Gasteiger partial charge in [0.1, 0.15) is 27.5 Å². The minimum absolute atomic E-state index is 0.0580. The number of thiol groups is 1. The maximum Gasteiger partial charge on any atom is 0.328 e. The molecule has 5 atom stereocenters. The molecule has 8 nitrogen and oxygen atoms in total. The van der Waals surface area contributed by atoms with Crippen LogP contribution in [0.5, 0.6) is 0 Å². The zero-order valence-electron chi connectivity index (χ0n) is 15.5. The molecule has 2 aliphatic heterocycles. The van der Waals surface area contributed by atoms with Crippen molar-refractivity contribution >= 4 is 76.4 Å². The van der Waals surface area contributed by atoms with E-state index in [-0.39, 0.29) is 18.2 Å². The summed E-state index contributed by atoms with van der Waals surface area (Å²) in [7, 11) is 0. The average Bonchev–Trinajstić information content (AvgIpc) is 3.43. The van der Waals surface area contributed by atoms with E-state index >= 15 is 0 Å². The molecule has 2 fully saturated rings. The van der Waals surface area contributed by atoms with Crippen molar-refractivity contribution in [3.05, 3.63) is 32.4 Å². The molecule has 0 aromatic carbocycles. The number of fused-ring (bicyclic) bond motifs is 1. The van der Waals surface area contributed by atoms with Crippen LogP contribution in [-0.2, 0) is 20.8 Å². The molecule has 0 aliphatic carbocycles. The number of carboxylic acids is 1. The first-order valence-corrected chi connectivity index (χ1v) is 12.5. The zero-order chi connectivity index (χ0) is 21.6. The van der Waals surface area contributed by atoms with E-state index < -0.39 is 39.3 Å². The van der Waals surface area contributed by atoms with Crippen LogP contribution in [0.15, 0.2) is 17.5 Å². The van der Waals surface area contributed by atoms with Crippen LogP contribution in [0.2, 0.25) is 0 Å². The lowest BCUT2D eigenvalue weighted by Crippen LogP contribution is -2.71. The fraction of sp³-hybridized carbons (Fsp3) is 0.471. The number of amides is 2. The molecule has 2 aromatic heterocycles. The molecule has 2 amide bonds. The van der Waals surface area contributed by atoms with Gasteiger partial charge in [-0.2, -0.15) is 12.6 Å². The Balaban J connectivity index is 1.58. The molecular formula is C17H17ClN4O4S4. The predicted molar refractivity (Wildman–Crippen MR) is 119 cm³/mol. The van der Waals surface area contributed by atoms with Gasteiger partial charge in [0.2, 0.25) is 11.8 Å². The Bertz CT molecular complexity index is 986. The zero-order valence-corrected chi connectivity index (χ0v) is 19.6. The van der Waals surface area contributed by atoms with E-state index in [1.807, 2.05) is 17.5 Å². The topological polar surface area (TPSA) is 112 Å². The standard InChI is InChI=1S/C17H17ClN4O4S4/c1-7-20-21-13(29-7)12(27)17(6-18)11(16(25)26)22-14(24)10(15(22)30-17)19-9(23)5-8-3-2-4-28-8/h2-4,10-12,15,27H,5-6H2,1H3,(H,19,23)(H,25,26). The SMILES string of the molecule is Cc1nnc(C(S)C2(CCl)SC3C(NC(=O)Cc4cccs4)C(=O)N3C2C(=O)O)s1. The van der Waals surface area contributed by atoms with E-state index in [1.54, 1.807) is 6.92 Å². The van der Waals surface area contributed by atoms with Gasteiger partial charge < -0.3 is 15.3 Å². The maximum atomic E-state index is 12.8. The third kappa shape index (κ3) is 3.52. The Morgan fingerprint density at radius 3 is 2.80 bits per heavy atom. The average molecular weight is 505 g/mol. The number of hydrogen-bond donors (Lipinski definition) is 3. The van der Waals surface area contributed by atoms with E-state index in [2.05, 4.69) is 28.1 Å². The number of rotatable bonds is 7. The Kier molecular flexibility index (Phi) is 6.05. The molecule has 0 spiro atoms. The molecule has 30 heavy (non-hydrogen) atoms.